The molecule has 68 valence electrons. The third-order valence-corrected chi connectivity index (χ3v) is 2.42. The third kappa shape index (κ3) is 1.13. The Bertz CT molecular complexity index is 231. The van der Waals surface area contributed by atoms with Gasteiger partial charge in [0.05, 0.1) is 6.04 Å². The molecular weight excluding hydrogens is 154 g/mol. The van der Waals surface area contributed by atoms with Crippen LogP contribution < -0.4 is 5.32 Å². The second kappa shape index (κ2) is 2.57. The maximum absolute atomic E-state index is 11.6. The van der Waals surface area contributed by atoms with Crippen LogP contribution in [0.4, 0.5) is 0 Å². The van der Waals surface area contributed by atoms with Crippen molar-refractivity contribution in [3.05, 3.63) is 0 Å². The summed E-state index contributed by atoms with van der Waals surface area (Å²) >= 11 is 0. The molecular formula is C9H15NO2. The Morgan fingerprint density at radius 3 is 2.00 bits per heavy atom. The van der Waals surface area contributed by atoms with Gasteiger partial charge in [-0.3, -0.25) is 9.59 Å². The lowest BCUT2D eigenvalue weighted by atomic mass is 9.85. The zero-order valence-electron chi connectivity index (χ0n) is 7.97. The topological polar surface area (TPSA) is 46.2 Å². The first-order valence-corrected chi connectivity index (χ1v) is 4.22. The normalized spacial score (nSPS) is 27.9. The quantitative estimate of drug-likeness (QED) is 0.588. The number of carbonyl (C=O) groups is 2. The molecule has 0 bridgehead atoms. The van der Waals surface area contributed by atoms with Gasteiger partial charge in [-0.05, 0) is 19.8 Å². The van der Waals surface area contributed by atoms with Crippen LogP contribution in [0.1, 0.15) is 27.7 Å². The van der Waals surface area contributed by atoms with Crippen LogP contribution in [0.15, 0.2) is 0 Å². The van der Waals surface area contributed by atoms with Gasteiger partial charge in [0.2, 0.25) is 5.91 Å². The van der Waals surface area contributed by atoms with Crippen LogP contribution in [0.5, 0.6) is 0 Å². The van der Waals surface area contributed by atoms with Crippen molar-refractivity contribution >= 4 is 11.7 Å². The van der Waals surface area contributed by atoms with E-state index >= 15 is 0 Å². The van der Waals surface area contributed by atoms with Gasteiger partial charge in [-0.2, -0.15) is 0 Å². The maximum atomic E-state index is 11.6. The molecule has 0 spiro atoms. The van der Waals surface area contributed by atoms with Crippen LogP contribution >= 0.6 is 0 Å². The van der Waals surface area contributed by atoms with E-state index in [1.807, 2.05) is 13.8 Å². The Labute approximate surface area is 72.5 Å². The van der Waals surface area contributed by atoms with Crippen molar-refractivity contribution in [1.29, 1.82) is 0 Å². The molecule has 1 N–H and O–H groups in total. The van der Waals surface area contributed by atoms with Gasteiger partial charge in [0.1, 0.15) is 5.41 Å². The molecule has 1 atom stereocenters. The molecule has 0 aromatic rings. The van der Waals surface area contributed by atoms with Gasteiger partial charge < -0.3 is 5.32 Å². The summed E-state index contributed by atoms with van der Waals surface area (Å²) in [6.07, 6.45) is 0. The van der Waals surface area contributed by atoms with E-state index in [1.54, 1.807) is 13.8 Å². The summed E-state index contributed by atoms with van der Waals surface area (Å²) in [5, 5.41) is 2.70. The summed E-state index contributed by atoms with van der Waals surface area (Å²) in [5.74, 6) is 0.0527. The number of amides is 1. The Morgan fingerprint density at radius 2 is 1.83 bits per heavy atom. The highest BCUT2D eigenvalue weighted by atomic mass is 16.2. The van der Waals surface area contributed by atoms with Crippen LogP contribution in [-0.4, -0.2) is 17.7 Å². The van der Waals surface area contributed by atoms with Gasteiger partial charge in [0, 0.05) is 0 Å². The lowest BCUT2D eigenvalue weighted by Crippen LogP contribution is -2.34. The first-order chi connectivity index (χ1) is 5.37. The first-order valence-electron chi connectivity index (χ1n) is 4.22. The van der Waals surface area contributed by atoms with Crippen molar-refractivity contribution < 1.29 is 9.59 Å². The predicted octanol–water partition coefficient (Wildman–Crippen LogP) is 0.736. The highest BCUT2D eigenvalue weighted by Gasteiger charge is 2.48. The molecule has 3 nitrogen and oxygen atoms in total. The zero-order chi connectivity index (χ0) is 9.52. The summed E-state index contributed by atoms with van der Waals surface area (Å²) in [6.45, 7) is 7.22. The maximum Gasteiger partial charge on any atom is 0.233 e. The minimum Gasteiger partial charge on any atom is -0.345 e. The second-order valence-electron chi connectivity index (χ2n) is 4.18. The Balaban J connectivity index is 2.91. The number of ketones is 1. The highest BCUT2D eigenvalue weighted by Crippen LogP contribution is 2.27. The predicted molar refractivity (Wildman–Crippen MR) is 45.6 cm³/mol. The van der Waals surface area contributed by atoms with Crippen molar-refractivity contribution in [2.45, 2.75) is 33.7 Å². The molecule has 3 heteroatoms. The van der Waals surface area contributed by atoms with E-state index in [0.717, 1.165) is 0 Å². The largest absolute Gasteiger partial charge is 0.345 e. The van der Waals surface area contributed by atoms with Gasteiger partial charge in [-0.1, -0.05) is 13.8 Å². The summed E-state index contributed by atoms with van der Waals surface area (Å²) in [7, 11) is 0. The number of rotatable bonds is 1. The minimum absolute atomic E-state index is 0.0162. The van der Waals surface area contributed by atoms with Crippen molar-refractivity contribution in [1.82, 2.24) is 5.32 Å². The second-order valence-corrected chi connectivity index (χ2v) is 4.18. The van der Waals surface area contributed by atoms with Gasteiger partial charge in [0.15, 0.2) is 5.78 Å². The van der Waals surface area contributed by atoms with E-state index in [9.17, 15) is 9.59 Å². The molecule has 1 aliphatic rings. The fourth-order valence-corrected chi connectivity index (χ4v) is 1.36. The van der Waals surface area contributed by atoms with Crippen LogP contribution in [0.25, 0.3) is 0 Å². The SMILES string of the molecule is CC(C)[C@@H]1NC(=O)C(C)(C)C1=O. The number of hydrogen-bond donors (Lipinski definition) is 1. The smallest absolute Gasteiger partial charge is 0.233 e. The molecule has 0 aliphatic carbocycles. The molecule has 1 fully saturated rings. The molecule has 0 aromatic heterocycles. The van der Waals surface area contributed by atoms with E-state index in [2.05, 4.69) is 5.32 Å². The molecule has 0 unspecified atom stereocenters. The van der Waals surface area contributed by atoms with E-state index in [0.29, 0.717) is 0 Å². The van der Waals surface area contributed by atoms with Gasteiger partial charge in [-0.15, -0.1) is 0 Å². The number of nitrogens with one attached hydrogen (secondary N) is 1. The van der Waals surface area contributed by atoms with Gasteiger partial charge >= 0.3 is 0 Å². The zero-order valence-corrected chi connectivity index (χ0v) is 7.97. The number of hydrogen-bond acceptors (Lipinski definition) is 2. The monoisotopic (exact) mass is 169 g/mol. The summed E-state index contributed by atoms with van der Waals surface area (Å²) in [4.78, 5) is 22.9. The average molecular weight is 169 g/mol. The van der Waals surface area contributed by atoms with Crippen LogP contribution in [0.3, 0.4) is 0 Å². The molecule has 0 saturated carbocycles. The molecule has 12 heavy (non-hydrogen) atoms. The van der Waals surface area contributed by atoms with Gasteiger partial charge in [-0.25, -0.2) is 0 Å². The van der Waals surface area contributed by atoms with Crippen molar-refractivity contribution in [3.8, 4) is 0 Å². The lowest BCUT2D eigenvalue weighted by Gasteiger charge is -2.14. The molecule has 1 aliphatic heterocycles. The van der Waals surface area contributed by atoms with E-state index < -0.39 is 5.41 Å². The van der Waals surface area contributed by atoms with Crippen molar-refractivity contribution in [2.75, 3.05) is 0 Å². The average Bonchev–Trinajstić information content (AvgIpc) is 2.13. The Kier molecular flexibility index (Phi) is 1.98. The van der Waals surface area contributed by atoms with Crippen LogP contribution in [0, 0.1) is 11.3 Å². The fourth-order valence-electron chi connectivity index (χ4n) is 1.36. The van der Waals surface area contributed by atoms with E-state index in [4.69, 9.17) is 0 Å². The third-order valence-electron chi connectivity index (χ3n) is 2.42. The molecule has 0 aromatic carbocycles. The van der Waals surface area contributed by atoms with E-state index in [1.165, 1.54) is 0 Å². The molecule has 1 heterocycles. The minimum atomic E-state index is -0.824. The molecule has 1 saturated heterocycles. The van der Waals surface area contributed by atoms with Crippen LogP contribution in [0.2, 0.25) is 0 Å². The first kappa shape index (κ1) is 9.23. The number of carbonyl (C=O) groups excluding carboxylic acids is 2. The summed E-state index contributed by atoms with van der Waals surface area (Å²) in [6, 6.07) is -0.285. The van der Waals surface area contributed by atoms with Crippen molar-refractivity contribution in [3.63, 3.8) is 0 Å². The van der Waals surface area contributed by atoms with E-state index in [-0.39, 0.29) is 23.7 Å². The fraction of sp³-hybridized carbons (Fsp3) is 0.778. The molecule has 1 amide bonds. The summed E-state index contributed by atoms with van der Waals surface area (Å²) in [5.41, 5.74) is -0.824. The van der Waals surface area contributed by atoms with Gasteiger partial charge in [0.25, 0.3) is 0 Å². The van der Waals surface area contributed by atoms with Crippen molar-refractivity contribution in [2.24, 2.45) is 11.3 Å². The molecule has 1 rings (SSSR count). The molecule has 0 radical (unpaired) electrons. The Morgan fingerprint density at radius 1 is 1.33 bits per heavy atom. The highest BCUT2D eigenvalue weighted by molar-refractivity contribution is 6.13. The summed E-state index contributed by atoms with van der Waals surface area (Å²) < 4.78 is 0. The number of Topliss-reactive ketones (excluding diaryl/α,β-unsaturated/α-hetero) is 1. The standard InChI is InChI=1S/C9H15NO2/c1-5(2)6-7(11)9(3,4)8(12)10-6/h5-6H,1-4H3,(H,10,12)/t6-/m0/s1. The lowest BCUT2D eigenvalue weighted by molar-refractivity contribution is -0.133. The van der Waals surface area contributed by atoms with Crippen LogP contribution in [-0.2, 0) is 9.59 Å². The Hall–Kier alpha value is -0.860.